The normalized spacial score (nSPS) is 13.1. The molecular formula is C22H19N3O3S. The molecule has 3 aromatic rings. The van der Waals surface area contributed by atoms with Gasteiger partial charge in [0.25, 0.3) is 17.4 Å². The standard InChI is InChI=1S/C22H19N3O3S/c1-15-13-19(26)24(22(23-15)29-14-16-7-3-2-4-8-16)11-12-25-20(27)17-9-5-6-10-18(17)21(25)28/h2-10,13H,11-12,14H2,1H3. The Morgan fingerprint density at radius 2 is 1.48 bits per heavy atom. The van der Waals surface area contributed by atoms with E-state index >= 15 is 0 Å². The Bertz CT molecular complexity index is 1110. The maximum Gasteiger partial charge on any atom is 0.261 e. The van der Waals surface area contributed by atoms with Crippen molar-refractivity contribution in [3.63, 3.8) is 0 Å². The number of hydrogen-bond acceptors (Lipinski definition) is 5. The van der Waals surface area contributed by atoms with Gasteiger partial charge >= 0.3 is 0 Å². The lowest BCUT2D eigenvalue weighted by molar-refractivity contribution is 0.0647. The van der Waals surface area contributed by atoms with Gasteiger partial charge in [-0.15, -0.1) is 0 Å². The average molecular weight is 405 g/mol. The number of hydrogen-bond donors (Lipinski definition) is 0. The SMILES string of the molecule is Cc1cc(=O)n(CCN2C(=O)c3ccccc3C2=O)c(SCc2ccccc2)n1. The van der Waals surface area contributed by atoms with Crippen LogP contribution < -0.4 is 5.56 Å². The largest absolute Gasteiger partial charge is 0.286 e. The minimum atomic E-state index is -0.322. The molecule has 1 aliphatic rings. The van der Waals surface area contributed by atoms with Crippen LogP contribution in [0, 0.1) is 6.92 Å². The Hall–Kier alpha value is -3.19. The topological polar surface area (TPSA) is 72.3 Å². The second-order valence-electron chi connectivity index (χ2n) is 6.75. The maximum absolute atomic E-state index is 12.6. The van der Waals surface area contributed by atoms with Crippen LogP contribution in [0.1, 0.15) is 32.0 Å². The first-order valence-electron chi connectivity index (χ1n) is 9.25. The summed E-state index contributed by atoms with van der Waals surface area (Å²) >= 11 is 1.46. The van der Waals surface area contributed by atoms with E-state index in [9.17, 15) is 14.4 Å². The molecule has 2 heterocycles. The molecular weight excluding hydrogens is 386 g/mol. The molecule has 1 aromatic heterocycles. The van der Waals surface area contributed by atoms with Crippen LogP contribution in [-0.4, -0.2) is 32.8 Å². The maximum atomic E-state index is 12.6. The zero-order chi connectivity index (χ0) is 20.4. The van der Waals surface area contributed by atoms with Crippen molar-refractivity contribution in [3.05, 3.63) is 93.4 Å². The van der Waals surface area contributed by atoms with E-state index in [1.807, 2.05) is 30.3 Å². The molecule has 0 atom stereocenters. The molecule has 0 N–H and O–H groups in total. The molecule has 29 heavy (non-hydrogen) atoms. The van der Waals surface area contributed by atoms with Gasteiger partial charge in [-0.2, -0.15) is 0 Å². The van der Waals surface area contributed by atoms with Crippen molar-refractivity contribution in [2.24, 2.45) is 0 Å². The summed E-state index contributed by atoms with van der Waals surface area (Å²) in [4.78, 5) is 43.4. The predicted octanol–water partition coefficient (Wildman–Crippen LogP) is 3.14. The molecule has 2 aromatic carbocycles. The number of carbonyl (C=O) groups excluding carboxylic acids is 2. The third-order valence-electron chi connectivity index (χ3n) is 4.74. The number of fused-ring (bicyclic) bond motifs is 1. The van der Waals surface area contributed by atoms with Gasteiger partial charge < -0.3 is 0 Å². The fraction of sp³-hybridized carbons (Fsp3) is 0.182. The minimum absolute atomic E-state index is 0.121. The highest BCUT2D eigenvalue weighted by Crippen LogP contribution is 2.23. The van der Waals surface area contributed by atoms with Crippen molar-refractivity contribution >= 4 is 23.6 Å². The van der Waals surface area contributed by atoms with Crippen LogP contribution in [0.2, 0.25) is 0 Å². The van der Waals surface area contributed by atoms with E-state index in [4.69, 9.17) is 0 Å². The van der Waals surface area contributed by atoms with Gasteiger partial charge in [-0.25, -0.2) is 4.98 Å². The van der Waals surface area contributed by atoms with Gasteiger partial charge in [-0.05, 0) is 24.6 Å². The van der Waals surface area contributed by atoms with E-state index < -0.39 is 0 Å². The number of carbonyl (C=O) groups is 2. The van der Waals surface area contributed by atoms with Gasteiger partial charge in [0, 0.05) is 30.6 Å². The molecule has 0 saturated heterocycles. The van der Waals surface area contributed by atoms with Gasteiger partial charge in [0.2, 0.25) is 0 Å². The van der Waals surface area contributed by atoms with Gasteiger partial charge in [0.1, 0.15) is 0 Å². The molecule has 0 saturated carbocycles. The van der Waals surface area contributed by atoms with Gasteiger partial charge in [-0.1, -0.05) is 54.2 Å². The summed E-state index contributed by atoms with van der Waals surface area (Å²) < 4.78 is 1.53. The highest BCUT2D eigenvalue weighted by molar-refractivity contribution is 7.98. The van der Waals surface area contributed by atoms with E-state index in [0.717, 1.165) is 5.56 Å². The molecule has 6 nitrogen and oxygen atoms in total. The van der Waals surface area contributed by atoms with Crippen LogP contribution in [0.15, 0.2) is 70.6 Å². The lowest BCUT2D eigenvalue weighted by atomic mass is 10.1. The molecule has 2 amide bonds. The summed E-state index contributed by atoms with van der Waals surface area (Å²) in [5, 5.41) is 0.579. The molecule has 7 heteroatoms. The summed E-state index contributed by atoms with van der Waals surface area (Å²) in [5.74, 6) is 0.0263. The summed E-state index contributed by atoms with van der Waals surface area (Å²) in [5.41, 5.74) is 2.39. The third kappa shape index (κ3) is 3.86. The van der Waals surface area contributed by atoms with Crippen LogP contribution in [0.4, 0.5) is 0 Å². The van der Waals surface area contributed by atoms with Crippen LogP contribution in [-0.2, 0) is 12.3 Å². The minimum Gasteiger partial charge on any atom is -0.286 e. The lowest BCUT2D eigenvalue weighted by Crippen LogP contribution is -2.35. The van der Waals surface area contributed by atoms with E-state index in [1.165, 1.54) is 27.3 Å². The van der Waals surface area contributed by atoms with Gasteiger partial charge in [0.05, 0.1) is 11.1 Å². The molecule has 0 radical (unpaired) electrons. The number of benzene rings is 2. The van der Waals surface area contributed by atoms with Gasteiger partial charge in [-0.3, -0.25) is 23.9 Å². The first-order valence-corrected chi connectivity index (χ1v) is 10.2. The summed E-state index contributed by atoms with van der Waals surface area (Å²) in [6.07, 6.45) is 0. The Labute approximate surface area is 172 Å². The first-order chi connectivity index (χ1) is 14.0. The van der Waals surface area contributed by atoms with Crippen molar-refractivity contribution in [1.82, 2.24) is 14.5 Å². The number of amides is 2. The van der Waals surface area contributed by atoms with Crippen molar-refractivity contribution in [2.45, 2.75) is 24.4 Å². The third-order valence-corrected chi connectivity index (χ3v) is 5.78. The second-order valence-corrected chi connectivity index (χ2v) is 7.69. The smallest absolute Gasteiger partial charge is 0.261 e. The van der Waals surface area contributed by atoms with Crippen molar-refractivity contribution in [3.8, 4) is 0 Å². The Morgan fingerprint density at radius 1 is 0.862 bits per heavy atom. The zero-order valence-corrected chi connectivity index (χ0v) is 16.7. The Kier molecular flexibility index (Phi) is 5.31. The van der Waals surface area contributed by atoms with Crippen molar-refractivity contribution in [1.29, 1.82) is 0 Å². The number of rotatable bonds is 6. The Morgan fingerprint density at radius 3 is 2.14 bits per heavy atom. The fourth-order valence-corrected chi connectivity index (χ4v) is 4.31. The highest BCUT2D eigenvalue weighted by Gasteiger charge is 2.34. The number of aryl methyl sites for hydroxylation is 1. The second kappa shape index (κ2) is 8.05. The summed E-state index contributed by atoms with van der Waals surface area (Å²) in [6, 6.07) is 18.2. The molecule has 1 aliphatic heterocycles. The number of aromatic nitrogens is 2. The van der Waals surface area contributed by atoms with E-state index in [-0.39, 0.29) is 30.5 Å². The monoisotopic (exact) mass is 405 g/mol. The van der Waals surface area contributed by atoms with Crippen molar-refractivity contribution in [2.75, 3.05) is 6.54 Å². The molecule has 0 unspecified atom stereocenters. The Balaban J connectivity index is 1.54. The summed E-state index contributed by atoms with van der Waals surface area (Å²) in [7, 11) is 0. The van der Waals surface area contributed by atoms with Crippen LogP contribution in [0.3, 0.4) is 0 Å². The number of imide groups is 1. The van der Waals surface area contributed by atoms with Crippen LogP contribution in [0.25, 0.3) is 0 Å². The first kappa shape index (κ1) is 19.1. The van der Waals surface area contributed by atoms with E-state index in [0.29, 0.717) is 27.7 Å². The summed E-state index contributed by atoms with van der Waals surface area (Å²) in [6.45, 7) is 2.10. The fourth-order valence-electron chi connectivity index (χ4n) is 3.27. The average Bonchev–Trinajstić information content (AvgIpc) is 2.97. The van der Waals surface area contributed by atoms with Crippen molar-refractivity contribution < 1.29 is 9.59 Å². The molecule has 0 aliphatic carbocycles. The predicted molar refractivity (Wildman–Crippen MR) is 111 cm³/mol. The quantitative estimate of drug-likeness (QED) is 0.358. The zero-order valence-electron chi connectivity index (χ0n) is 15.9. The molecule has 0 spiro atoms. The van der Waals surface area contributed by atoms with E-state index in [1.54, 1.807) is 31.2 Å². The molecule has 4 rings (SSSR count). The van der Waals surface area contributed by atoms with Gasteiger partial charge in [0.15, 0.2) is 5.16 Å². The lowest BCUT2D eigenvalue weighted by Gasteiger charge is -2.17. The highest BCUT2D eigenvalue weighted by atomic mass is 32.2. The number of thioether (sulfide) groups is 1. The van der Waals surface area contributed by atoms with Crippen LogP contribution in [0.5, 0.6) is 0 Å². The number of nitrogens with zero attached hydrogens (tertiary/aromatic N) is 3. The molecule has 0 bridgehead atoms. The van der Waals surface area contributed by atoms with E-state index in [2.05, 4.69) is 4.98 Å². The van der Waals surface area contributed by atoms with Crippen LogP contribution >= 0.6 is 11.8 Å². The molecule has 146 valence electrons. The molecule has 0 fully saturated rings.